The molecule has 0 spiro atoms. The van der Waals surface area contributed by atoms with Crippen molar-refractivity contribution in [1.29, 1.82) is 5.26 Å². The van der Waals surface area contributed by atoms with Gasteiger partial charge in [0.25, 0.3) is 0 Å². The summed E-state index contributed by atoms with van der Waals surface area (Å²) in [6, 6.07) is 10.2. The minimum absolute atomic E-state index is 0.288. The van der Waals surface area contributed by atoms with Gasteiger partial charge in [0, 0.05) is 6.42 Å². The van der Waals surface area contributed by atoms with E-state index in [-0.39, 0.29) is 5.92 Å². The summed E-state index contributed by atoms with van der Waals surface area (Å²) in [5, 5.41) is 10.1. The summed E-state index contributed by atoms with van der Waals surface area (Å²) in [5.74, 6) is 1.14. The lowest BCUT2D eigenvalue weighted by Gasteiger charge is -2.01. The van der Waals surface area contributed by atoms with Gasteiger partial charge in [-0.1, -0.05) is 26.0 Å². The van der Waals surface area contributed by atoms with Crippen molar-refractivity contribution in [2.75, 3.05) is 7.11 Å². The van der Waals surface area contributed by atoms with Gasteiger partial charge in [-0.05, 0) is 23.6 Å². The first kappa shape index (κ1) is 13.6. The molecule has 0 aliphatic rings. The first-order valence-electron chi connectivity index (χ1n) is 6.16. The average Bonchev–Trinajstić information content (AvgIpc) is 2.83. The molecule has 1 heterocycles. The Morgan fingerprint density at radius 1 is 1.32 bits per heavy atom. The van der Waals surface area contributed by atoms with E-state index in [1.807, 2.05) is 24.3 Å². The minimum Gasteiger partial charge on any atom is -0.497 e. The van der Waals surface area contributed by atoms with Crippen LogP contribution in [-0.4, -0.2) is 12.1 Å². The van der Waals surface area contributed by atoms with Gasteiger partial charge >= 0.3 is 0 Å². The number of methoxy groups -OCH3 is 1. The molecular weight excluding hydrogens is 256 g/mol. The van der Waals surface area contributed by atoms with Crippen molar-refractivity contribution in [2.24, 2.45) is 0 Å². The zero-order valence-electron chi connectivity index (χ0n) is 11.3. The van der Waals surface area contributed by atoms with Gasteiger partial charge in [0.2, 0.25) is 0 Å². The Bertz CT molecular complexity index is 594. The third-order valence-electron chi connectivity index (χ3n) is 2.86. The van der Waals surface area contributed by atoms with Crippen LogP contribution >= 0.6 is 11.3 Å². The van der Waals surface area contributed by atoms with Crippen LogP contribution in [0.4, 0.5) is 0 Å². The van der Waals surface area contributed by atoms with Crippen molar-refractivity contribution in [1.82, 2.24) is 4.98 Å². The number of aromatic nitrogens is 1. The Balaban J connectivity index is 2.21. The van der Waals surface area contributed by atoms with E-state index in [9.17, 15) is 0 Å². The maximum atomic E-state index is 9.12. The molecule has 0 radical (unpaired) electrons. The van der Waals surface area contributed by atoms with Gasteiger partial charge < -0.3 is 4.74 Å². The summed E-state index contributed by atoms with van der Waals surface area (Å²) in [7, 11) is 1.66. The molecule has 2 aromatic rings. The van der Waals surface area contributed by atoms with E-state index in [4.69, 9.17) is 10.00 Å². The number of hydrogen-bond acceptors (Lipinski definition) is 4. The molecule has 0 unspecified atom stereocenters. The van der Waals surface area contributed by atoms with E-state index >= 15 is 0 Å². The average molecular weight is 272 g/mol. The van der Waals surface area contributed by atoms with Crippen molar-refractivity contribution < 1.29 is 4.74 Å². The Kier molecular flexibility index (Phi) is 4.18. The second-order valence-corrected chi connectivity index (χ2v) is 5.70. The number of nitrogens with zero attached hydrogens (tertiary/aromatic N) is 2. The molecule has 1 aromatic carbocycles. The molecule has 3 nitrogen and oxygen atoms in total. The normalized spacial score (nSPS) is 10.5. The molecule has 0 atom stereocenters. The van der Waals surface area contributed by atoms with Gasteiger partial charge in [-0.3, -0.25) is 0 Å². The van der Waals surface area contributed by atoms with Crippen LogP contribution in [0.5, 0.6) is 5.75 Å². The molecule has 0 aliphatic carbocycles. The number of ether oxygens (including phenoxy) is 1. The summed E-state index contributed by atoms with van der Waals surface area (Å²) >= 11 is 1.49. The van der Waals surface area contributed by atoms with Crippen molar-refractivity contribution in [3.63, 3.8) is 0 Å². The van der Waals surface area contributed by atoms with Crippen molar-refractivity contribution in [3.8, 4) is 11.8 Å². The predicted molar refractivity (Wildman–Crippen MR) is 76.7 cm³/mol. The van der Waals surface area contributed by atoms with Crippen LogP contribution in [0, 0.1) is 11.3 Å². The summed E-state index contributed by atoms with van der Waals surface area (Å²) in [6.07, 6.45) is 0.760. The van der Waals surface area contributed by atoms with Gasteiger partial charge in [-0.15, -0.1) is 11.3 Å². The highest BCUT2D eigenvalue weighted by Crippen LogP contribution is 2.26. The lowest BCUT2D eigenvalue weighted by atomic mass is 10.1. The van der Waals surface area contributed by atoms with Crippen LogP contribution < -0.4 is 4.74 Å². The molecule has 0 N–H and O–H groups in total. The fraction of sp³-hybridized carbons (Fsp3) is 0.333. The van der Waals surface area contributed by atoms with Crippen molar-refractivity contribution >= 4 is 11.3 Å². The number of nitriles is 1. The first-order valence-corrected chi connectivity index (χ1v) is 6.98. The van der Waals surface area contributed by atoms with Gasteiger partial charge in [0.1, 0.15) is 16.7 Å². The second-order valence-electron chi connectivity index (χ2n) is 4.61. The molecule has 4 heteroatoms. The van der Waals surface area contributed by atoms with E-state index in [1.165, 1.54) is 16.9 Å². The molecule has 0 amide bonds. The van der Waals surface area contributed by atoms with Crippen molar-refractivity contribution in [3.05, 3.63) is 45.4 Å². The van der Waals surface area contributed by atoms with E-state index in [0.29, 0.717) is 0 Å². The highest BCUT2D eigenvalue weighted by molar-refractivity contribution is 7.12. The fourth-order valence-electron chi connectivity index (χ4n) is 1.84. The Hall–Kier alpha value is -1.86. The number of thiazole rings is 1. The van der Waals surface area contributed by atoms with Crippen LogP contribution in [-0.2, 0) is 6.42 Å². The zero-order valence-corrected chi connectivity index (χ0v) is 12.1. The quantitative estimate of drug-likeness (QED) is 0.851. The van der Waals surface area contributed by atoms with Crippen LogP contribution in [0.2, 0.25) is 0 Å². The molecule has 0 saturated heterocycles. The van der Waals surface area contributed by atoms with Gasteiger partial charge in [0.15, 0.2) is 0 Å². The molecule has 0 bridgehead atoms. The summed E-state index contributed by atoms with van der Waals surface area (Å²) < 4.78 is 5.14. The highest BCUT2D eigenvalue weighted by atomic mass is 32.1. The lowest BCUT2D eigenvalue weighted by Crippen LogP contribution is -1.92. The monoisotopic (exact) mass is 272 g/mol. The molecule has 98 valence electrons. The summed E-state index contributed by atoms with van der Waals surface area (Å²) in [4.78, 5) is 5.32. The standard InChI is InChI=1S/C15H16N2OS/c1-10(2)15-13(9-16)19-14(17-15)8-11-4-6-12(18-3)7-5-11/h4-7,10H,8H2,1-3H3. The van der Waals surface area contributed by atoms with Gasteiger partial charge in [-0.2, -0.15) is 5.26 Å². The zero-order chi connectivity index (χ0) is 13.8. The molecule has 0 fully saturated rings. The highest BCUT2D eigenvalue weighted by Gasteiger charge is 2.14. The molecule has 0 saturated carbocycles. The number of hydrogen-bond donors (Lipinski definition) is 0. The smallest absolute Gasteiger partial charge is 0.128 e. The summed E-state index contributed by atoms with van der Waals surface area (Å²) in [6.45, 7) is 4.13. The fourth-order valence-corrected chi connectivity index (χ4v) is 2.89. The largest absolute Gasteiger partial charge is 0.497 e. The van der Waals surface area contributed by atoms with Gasteiger partial charge in [0.05, 0.1) is 17.8 Å². The number of rotatable bonds is 4. The molecule has 0 aliphatic heterocycles. The molecule has 19 heavy (non-hydrogen) atoms. The first-order chi connectivity index (χ1) is 9.13. The van der Waals surface area contributed by atoms with Crippen LogP contribution in [0.15, 0.2) is 24.3 Å². The Morgan fingerprint density at radius 3 is 2.47 bits per heavy atom. The van der Waals surface area contributed by atoms with Gasteiger partial charge in [-0.25, -0.2) is 4.98 Å². The minimum atomic E-state index is 0.288. The Morgan fingerprint density at radius 2 is 2.00 bits per heavy atom. The van der Waals surface area contributed by atoms with Crippen LogP contribution in [0.25, 0.3) is 0 Å². The Labute approximate surface area is 117 Å². The SMILES string of the molecule is COc1ccc(Cc2nc(C(C)C)c(C#N)s2)cc1. The van der Waals surface area contributed by atoms with Crippen molar-refractivity contribution in [2.45, 2.75) is 26.2 Å². The third kappa shape index (κ3) is 3.12. The lowest BCUT2D eigenvalue weighted by molar-refractivity contribution is 0.414. The molecule has 1 aromatic heterocycles. The topological polar surface area (TPSA) is 45.9 Å². The van der Waals surface area contributed by atoms with E-state index in [2.05, 4.69) is 24.9 Å². The van der Waals surface area contributed by atoms with Crippen LogP contribution in [0.1, 0.15) is 40.9 Å². The molecular formula is C15H16N2OS. The van der Waals surface area contributed by atoms with E-state index in [0.717, 1.165) is 27.7 Å². The summed E-state index contributed by atoms with van der Waals surface area (Å²) in [5.41, 5.74) is 2.09. The third-order valence-corrected chi connectivity index (χ3v) is 3.84. The predicted octanol–water partition coefficient (Wildman–Crippen LogP) is 3.74. The maximum Gasteiger partial charge on any atom is 0.128 e. The van der Waals surface area contributed by atoms with E-state index < -0.39 is 0 Å². The van der Waals surface area contributed by atoms with Crippen LogP contribution in [0.3, 0.4) is 0 Å². The maximum absolute atomic E-state index is 9.12. The number of benzene rings is 1. The van der Waals surface area contributed by atoms with E-state index in [1.54, 1.807) is 7.11 Å². The second kappa shape index (κ2) is 5.85. The molecule has 2 rings (SSSR count).